The van der Waals surface area contributed by atoms with Crippen LogP contribution in [-0.4, -0.2) is 126 Å². The van der Waals surface area contributed by atoms with Crippen LogP contribution in [0.1, 0.15) is 86.0 Å². The lowest BCUT2D eigenvalue weighted by molar-refractivity contribution is -0.137. The molecule has 0 aromatic heterocycles. The first-order valence-corrected chi connectivity index (χ1v) is 31.2. The molecule has 488 valence electrons. The number of benzene rings is 10. The molecule has 0 saturated carbocycles. The molecule has 0 aliphatic heterocycles. The zero-order valence-electron chi connectivity index (χ0n) is 56.4. The number of halogens is 3. The number of hydrogen-bond donors (Lipinski definition) is 3. The average Bonchev–Trinajstić information content (AvgIpc) is 0.903. The summed E-state index contributed by atoms with van der Waals surface area (Å²) in [7, 11) is 21.7. The molecule has 15 heteroatoms. The number of rotatable bonds is 17. The van der Waals surface area contributed by atoms with Crippen LogP contribution in [0.5, 0.6) is 0 Å². The van der Waals surface area contributed by atoms with Gasteiger partial charge in [-0.1, -0.05) is 140 Å². The zero-order valence-corrected chi connectivity index (χ0v) is 56.4. The summed E-state index contributed by atoms with van der Waals surface area (Å²) in [5.41, 5.74) is 10.1. The highest BCUT2D eigenvalue weighted by Gasteiger charge is 2.30. The van der Waals surface area contributed by atoms with E-state index in [0.717, 1.165) is 83.1 Å². The maximum Gasteiger partial charge on any atom is 0.416 e. The molecule has 93 heavy (non-hydrogen) atoms. The molecular formula is C78H91F3N8O4. The molecule has 3 N–H and O–H groups in total. The van der Waals surface area contributed by atoms with E-state index >= 15 is 0 Å². The van der Waals surface area contributed by atoms with Crippen LogP contribution in [0.4, 0.5) is 18.0 Å². The van der Waals surface area contributed by atoms with Crippen molar-refractivity contribution in [3.8, 4) is 11.1 Å². The van der Waals surface area contributed by atoms with E-state index in [-0.39, 0.29) is 11.8 Å². The first-order chi connectivity index (χ1) is 44.2. The number of amides is 3. The zero-order chi connectivity index (χ0) is 67.6. The van der Waals surface area contributed by atoms with Gasteiger partial charge < -0.3 is 45.2 Å². The van der Waals surface area contributed by atoms with Gasteiger partial charge in [0.1, 0.15) is 5.60 Å². The standard InChI is InChI=1S/C29H27F3N2O.C19H24N2O3.2C15H20N2/c1-33(2)18-20-7-16-27-24(17-20)5-4-6-25(27)19-34(3)28(35)23-10-8-21(9-11-23)22-12-14-26(15-13-22)29(30,31)32;1-19(2,3)24-18(23)20-12-15-8-6-7-13-11-14(9-10-16(13)15)17(22)21(4)5;2*1-16-10-14-6-4-5-13-9-12(11-17(2)3)7-8-15(13)14/h4-17H,18-19H2,1-3H3;6-11H,12H2,1-5H3,(H,20,23);2*4-9,16H,10-11H2,1-3H3. The van der Waals surface area contributed by atoms with Gasteiger partial charge in [0.25, 0.3) is 11.8 Å². The number of carbonyl (C=O) groups excluding carboxylic acids is 3. The SMILES string of the molecule is CN(C)C(=O)c1ccc2c(CNC(=O)OC(C)(C)C)cccc2c1.CN(C)Cc1ccc2c(CN(C)C(=O)c3ccc(-c4ccc(C(F)(F)F)cc4)cc3)cccc2c1.CNCc1cccc2cc(CN(C)C)ccc12.CNCc1cccc2cc(CN(C)C)ccc12. The minimum Gasteiger partial charge on any atom is -0.444 e. The van der Waals surface area contributed by atoms with E-state index < -0.39 is 23.4 Å². The summed E-state index contributed by atoms with van der Waals surface area (Å²) in [6.45, 7) is 11.0. The fourth-order valence-electron chi connectivity index (χ4n) is 11.0. The van der Waals surface area contributed by atoms with Gasteiger partial charge in [-0.2, -0.15) is 13.2 Å². The highest BCUT2D eigenvalue weighted by Crippen LogP contribution is 2.32. The summed E-state index contributed by atoms with van der Waals surface area (Å²) in [4.78, 5) is 46.7. The lowest BCUT2D eigenvalue weighted by atomic mass is 10.0. The Balaban J connectivity index is 0.000000185. The third-order valence-electron chi connectivity index (χ3n) is 15.2. The number of nitrogens with zero attached hydrogens (tertiary/aromatic N) is 5. The summed E-state index contributed by atoms with van der Waals surface area (Å²) >= 11 is 0. The minimum absolute atomic E-state index is 0.0332. The van der Waals surface area contributed by atoms with Gasteiger partial charge >= 0.3 is 12.3 Å². The fraction of sp³-hybridized carbons (Fsp3) is 0.295. The third-order valence-corrected chi connectivity index (χ3v) is 15.2. The van der Waals surface area contributed by atoms with Crippen molar-refractivity contribution in [1.82, 2.24) is 40.4 Å². The molecule has 10 rings (SSSR count). The number of nitrogens with one attached hydrogen (secondary N) is 3. The Bertz CT molecular complexity index is 4030. The van der Waals surface area contributed by atoms with Gasteiger partial charge in [0.15, 0.2) is 0 Å². The van der Waals surface area contributed by atoms with Gasteiger partial charge in [0.05, 0.1) is 5.56 Å². The molecule has 0 heterocycles. The molecule has 0 aliphatic rings. The topological polar surface area (TPSA) is 113 Å². The lowest BCUT2D eigenvalue weighted by Crippen LogP contribution is -2.32. The summed E-state index contributed by atoms with van der Waals surface area (Å²) in [6, 6.07) is 62.4. The van der Waals surface area contributed by atoms with Crippen LogP contribution in [0.25, 0.3) is 54.2 Å². The first kappa shape index (κ1) is 71.5. The van der Waals surface area contributed by atoms with Crippen molar-refractivity contribution >= 4 is 61.0 Å². The van der Waals surface area contributed by atoms with Gasteiger partial charge in [0.2, 0.25) is 0 Å². The van der Waals surface area contributed by atoms with E-state index in [0.29, 0.717) is 29.8 Å². The van der Waals surface area contributed by atoms with Gasteiger partial charge in [0, 0.05) is 78.1 Å². The number of fused-ring (bicyclic) bond motifs is 4. The van der Waals surface area contributed by atoms with Crippen LogP contribution in [0.3, 0.4) is 0 Å². The second-order valence-corrected chi connectivity index (χ2v) is 25.4. The summed E-state index contributed by atoms with van der Waals surface area (Å²) < 4.78 is 43.7. The number of alkyl halides is 3. The van der Waals surface area contributed by atoms with Crippen molar-refractivity contribution in [3.05, 3.63) is 250 Å². The molecular weight excluding hydrogens is 1170 g/mol. The summed E-state index contributed by atoms with van der Waals surface area (Å²) in [6.07, 6.45) is -4.81. The van der Waals surface area contributed by atoms with Crippen molar-refractivity contribution in [3.63, 3.8) is 0 Å². The maximum atomic E-state index is 13.1. The highest BCUT2D eigenvalue weighted by atomic mass is 19.4. The lowest BCUT2D eigenvalue weighted by Gasteiger charge is -2.20. The van der Waals surface area contributed by atoms with Gasteiger partial charge in [-0.05, 0) is 225 Å². The van der Waals surface area contributed by atoms with E-state index in [4.69, 9.17) is 4.74 Å². The molecule has 10 aromatic rings. The number of hydrogen-bond acceptors (Lipinski definition) is 9. The van der Waals surface area contributed by atoms with Crippen LogP contribution in [0, 0.1) is 0 Å². The number of ether oxygens (including phenoxy) is 1. The predicted octanol–water partition coefficient (Wildman–Crippen LogP) is 15.7. The molecule has 0 unspecified atom stereocenters. The van der Waals surface area contributed by atoms with E-state index in [1.54, 1.807) is 55.2 Å². The maximum absolute atomic E-state index is 13.1. The van der Waals surface area contributed by atoms with Gasteiger partial charge in [-0.15, -0.1) is 0 Å². The monoisotopic (exact) mass is 1260 g/mol. The summed E-state index contributed by atoms with van der Waals surface area (Å²) in [5, 5.41) is 18.8. The smallest absolute Gasteiger partial charge is 0.416 e. The molecule has 0 spiro atoms. The van der Waals surface area contributed by atoms with E-state index in [9.17, 15) is 27.6 Å². The molecule has 0 fully saturated rings. The quantitative estimate of drug-likeness (QED) is 0.0820. The Morgan fingerprint density at radius 1 is 0.409 bits per heavy atom. The van der Waals surface area contributed by atoms with E-state index in [1.807, 2.05) is 97.5 Å². The Morgan fingerprint density at radius 3 is 1.16 bits per heavy atom. The molecule has 10 aromatic carbocycles. The van der Waals surface area contributed by atoms with Gasteiger partial charge in [-0.25, -0.2) is 4.79 Å². The Kier molecular flexibility index (Phi) is 25.4. The minimum atomic E-state index is -4.36. The molecule has 0 aliphatic carbocycles. The molecule has 0 saturated heterocycles. The van der Waals surface area contributed by atoms with Crippen molar-refractivity contribution in [1.29, 1.82) is 0 Å². The van der Waals surface area contributed by atoms with Crippen molar-refractivity contribution in [2.75, 3.05) is 77.5 Å². The number of carbonyl (C=O) groups is 3. The summed E-state index contributed by atoms with van der Waals surface area (Å²) in [5.74, 6) is -0.153. The molecule has 12 nitrogen and oxygen atoms in total. The van der Waals surface area contributed by atoms with E-state index in [2.05, 4.69) is 156 Å². The predicted molar refractivity (Wildman–Crippen MR) is 377 cm³/mol. The molecule has 0 bridgehead atoms. The Labute approximate surface area is 547 Å². The second kappa shape index (κ2) is 33.1. The van der Waals surface area contributed by atoms with Crippen LogP contribution in [-0.2, 0) is 56.7 Å². The number of alkyl carbamates (subject to hydrolysis) is 1. The van der Waals surface area contributed by atoms with Gasteiger partial charge in [-0.3, -0.25) is 9.59 Å². The molecule has 3 amide bonds. The van der Waals surface area contributed by atoms with E-state index in [1.165, 1.54) is 61.5 Å². The third kappa shape index (κ3) is 21.0. The van der Waals surface area contributed by atoms with Crippen molar-refractivity contribution in [2.24, 2.45) is 0 Å². The Hall–Kier alpha value is -8.96. The van der Waals surface area contributed by atoms with Crippen LogP contribution < -0.4 is 16.0 Å². The van der Waals surface area contributed by atoms with Crippen molar-refractivity contribution in [2.45, 2.75) is 78.4 Å². The first-order valence-electron chi connectivity index (χ1n) is 31.2. The normalized spacial score (nSPS) is 11.4. The average molecular weight is 1260 g/mol. The van der Waals surface area contributed by atoms with Crippen LogP contribution >= 0.6 is 0 Å². The largest absolute Gasteiger partial charge is 0.444 e. The molecule has 0 radical (unpaired) electrons. The molecule has 0 atom stereocenters. The van der Waals surface area contributed by atoms with Crippen molar-refractivity contribution < 1.29 is 32.3 Å². The Morgan fingerprint density at radius 2 is 0.774 bits per heavy atom. The second-order valence-electron chi connectivity index (χ2n) is 25.4. The fourth-order valence-corrected chi connectivity index (χ4v) is 11.0. The van der Waals surface area contributed by atoms with Crippen LogP contribution in [0.15, 0.2) is 194 Å². The van der Waals surface area contributed by atoms with Crippen LogP contribution in [0.2, 0.25) is 0 Å². The highest BCUT2D eigenvalue weighted by molar-refractivity contribution is 5.99.